The van der Waals surface area contributed by atoms with Gasteiger partial charge in [-0.2, -0.15) is 5.26 Å². The number of hydrogen-bond acceptors (Lipinski definition) is 5. The van der Waals surface area contributed by atoms with Gasteiger partial charge in [-0.3, -0.25) is 19.5 Å². The van der Waals surface area contributed by atoms with Crippen LogP contribution in [-0.4, -0.2) is 52.3 Å². The quantitative estimate of drug-likeness (QED) is 0.711. The van der Waals surface area contributed by atoms with E-state index >= 15 is 0 Å². The Morgan fingerprint density at radius 3 is 2.60 bits per heavy atom. The summed E-state index contributed by atoms with van der Waals surface area (Å²) >= 11 is 0. The molecule has 5 rings (SSSR count). The number of rotatable bonds is 5. The van der Waals surface area contributed by atoms with E-state index in [1.165, 1.54) is 12.8 Å². The minimum absolute atomic E-state index is 0.166. The number of hydrogen-bond donors (Lipinski definition) is 1. The zero-order valence-electron chi connectivity index (χ0n) is 20.8. The van der Waals surface area contributed by atoms with E-state index in [0.29, 0.717) is 34.7 Å². The molecule has 1 spiro atoms. The molecule has 182 valence electrons. The molecular formula is C28H33N5O2. The number of piperazine rings is 1. The van der Waals surface area contributed by atoms with E-state index in [9.17, 15) is 14.9 Å². The van der Waals surface area contributed by atoms with Crippen LogP contribution in [0.25, 0.3) is 0 Å². The number of aryl methyl sites for hydroxylation is 1. The highest BCUT2D eigenvalue weighted by Gasteiger charge is 2.55. The van der Waals surface area contributed by atoms with Gasteiger partial charge in [-0.15, -0.1) is 0 Å². The Balaban J connectivity index is 1.25. The molecule has 1 aromatic carbocycles. The van der Waals surface area contributed by atoms with Crippen LogP contribution in [0.15, 0.2) is 30.5 Å². The Bertz CT molecular complexity index is 1190. The van der Waals surface area contributed by atoms with Crippen molar-refractivity contribution in [2.24, 2.45) is 11.3 Å². The first-order valence-electron chi connectivity index (χ1n) is 12.6. The number of nitrogens with zero attached hydrogens (tertiary/aromatic N) is 4. The highest BCUT2D eigenvalue weighted by molar-refractivity contribution is 6.04. The lowest BCUT2D eigenvalue weighted by molar-refractivity contribution is -0.145. The Kier molecular flexibility index (Phi) is 6.10. The van der Waals surface area contributed by atoms with Gasteiger partial charge in [0.2, 0.25) is 5.91 Å². The standard InChI is InChI=1S/C28H33N5O2/c1-18-4-5-22(15-30-18)26(34)31-25-11-21(14-29)10-23(20(25)3)17-32-8-9-33(19(2)16-32)27(35)24-12-28(13-24)6-7-28/h4-5,10-11,15,19,24H,6-9,12-13,16-17H2,1-3H3,(H,31,34)/t19-/m0/s1. The van der Waals surface area contributed by atoms with Gasteiger partial charge < -0.3 is 10.2 Å². The summed E-state index contributed by atoms with van der Waals surface area (Å²) in [6.07, 6.45) is 6.36. The molecule has 35 heavy (non-hydrogen) atoms. The van der Waals surface area contributed by atoms with Crippen molar-refractivity contribution < 1.29 is 9.59 Å². The second kappa shape index (κ2) is 9.09. The Hall–Kier alpha value is -3.24. The van der Waals surface area contributed by atoms with Crippen molar-refractivity contribution >= 4 is 17.5 Å². The molecule has 1 atom stereocenters. The lowest BCUT2D eigenvalue weighted by Crippen LogP contribution is -2.56. The summed E-state index contributed by atoms with van der Waals surface area (Å²) in [5.74, 6) is 0.329. The first kappa shape index (κ1) is 23.5. The van der Waals surface area contributed by atoms with Gasteiger partial charge >= 0.3 is 0 Å². The van der Waals surface area contributed by atoms with Gasteiger partial charge in [0.1, 0.15) is 0 Å². The van der Waals surface area contributed by atoms with Crippen LogP contribution < -0.4 is 5.32 Å². The van der Waals surface area contributed by atoms with Gasteiger partial charge in [-0.25, -0.2) is 0 Å². The topological polar surface area (TPSA) is 89.3 Å². The summed E-state index contributed by atoms with van der Waals surface area (Å²) in [5.41, 5.74) is 5.00. The lowest BCUT2D eigenvalue weighted by atomic mass is 9.71. The summed E-state index contributed by atoms with van der Waals surface area (Å²) in [7, 11) is 0. The van der Waals surface area contributed by atoms with E-state index < -0.39 is 0 Å². The number of benzene rings is 1. The smallest absolute Gasteiger partial charge is 0.257 e. The van der Waals surface area contributed by atoms with Gasteiger partial charge in [0.15, 0.2) is 0 Å². The zero-order valence-corrected chi connectivity index (χ0v) is 20.8. The summed E-state index contributed by atoms with van der Waals surface area (Å²) < 4.78 is 0. The summed E-state index contributed by atoms with van der Waals surface area (Å²) in [6.45, 7) is 9.02. The highest BCUT2D eigenvalue weighted by Crippen LogP contribution is 2.63. The Morgan fingerprint density at radius 2 is 1.97 bits per heavy atom. The first-order chi connectivity index (χ1) is 16.8. The SMILES string of the molecule is Cc1ccc(C(=O)Nc2cc(C#N)cc(CN3CCN(C(=O)C4CC5(CC5)C4)[C@@H](C)C3)c2C)cn1. The van der Waals surface area contributed by atoms with E-state index in [1.54, 1.807) is 24.4 Å². The summed E-state index contributed by atoms with van der Waals surface area (Å²) in [6, 6.07) is 9.58. The van der Waals surface area contributed by atoms with Crippen LogP contribution >= 0.6 is 0 Å². The molecule has 1 aromatic heterocycles. The number of carbonyl (C=O) groups is 2. The fraction of sp³-hybridized carbons (Fsp3) is 0.500. The van der Waals surface area contributed by atoms with E-state index in [-0.39, 0.29) is 17.9 Å². The molecule has 7 nitrogen and oxygen atoms in total. The van der Waals surface area contributed by atoms with Crippen molar-refractivity contribution in [1.29, 1.82) is 5.26 Å². The molecule has 7 heteroatoms. The Morgan fingerprint density at radius 1 is 1.20 bits per heavy atom. The molecule has 3 fully saturated rings. The number of anilines is 1. The monoisotopic (exact) mass is 471 g/mol. The predicted molar refractivity (Wildman–Crippen MR) is 134 cm³/mol. The second-order valence-electron chi connectivity index (χ2n) is 10.8. The van der Waals surface area contributed by atoms with Crippen molar-refractivity contribution in [3.8, 4) is 6.07 Å². The van der Waals surface area contributed by atoms with Gasteiger partial charge in [-0.05, 0) is 87.3 Å². The molecule has 2 saturated carbocycles. The third-order valence-electron chi connectivity index (χ3n) is 8.12. The van der Waals surface area contributed by atoms with Crippen molar-refractivity contribution in [2.45, 2.75) is 59.0 Å². The van der Waals surface area contributed by atoms with Crippen LogP contribution in [0.5, 0.6) is 0 Å². The largest absolute Gasteiger partial charge is 0.337 e. The van der Waals surface area contributed by atoms with Crippen molar-refractivity contribution in [1.82, 2.24) is 14.8 Å². The highest BCUT2D eigenvalue weighted by atomic mass is 16.2. The number of carbonyl (C=O) groups excluding carboxylic acids is 2. The minimum Gasteiger partial charge on any atom is -0.337 e. The van der Waals surface area contributed by atoms with Crippen LogP contribution in [0.2, 0.25) is 0 Å². The van der Waals surface area contributed by atoms with Crippen LogP contribution in [-0.2, 0) is 11.3 Å². The van der Waals surface area contributed by atoms with E-state index in [2.05, 4.69) is 33.1 Å². The van der Waals surface area contributed by atoms with Crippen LogP contribution in [0.1, 0.15) is 65.3 Å². The van der Waals surface area contributed by atoms with Crippen LogP contribution in [0.3, 0.4) is 0 Å². The van der Waals surface area contributed by atoms with Crippen LogP contribution in [0, 0.1) is 36.5 Å². The maximum Gasteiger partial charge on any atom is 0.257 e. The molecule has 1 saturated heterocycles. The number of aromatic nitrogens is 1. The third kappa shape index (κ3) is 4.81. The zero-order chi connectivity index (χ0) is 24.7. The molecule has 2 aromatic rings. The molecule has 2 heterocycles. The normalized spacial score (nSPS) is 21.3. The lowest BCUT2D eigenvalue weighted by Gasteiger charge is -2.44. The van der Waals surface area contributed by atoms with Crippen molar-refractivity contribution in [3.05, 3.63) is 58.4 Å². The Labute approximate surface area is 207 Å². The van der Waals surface area contributed by atoms with Crippen molar-refractivity contribution in [3.63, 3.8) is 0 Å². The second-order valence-corrected chi connectivity index (χ2v) is 10.8. The van der Waals surface area contributed by atoms with E-state index in [0.717, 1.165) is 49.3 Å². The average Bonchev–Trinajstić information content (AvgIpc) is 3.62. The molecule has 1 aliphatic heterocycles. The number of nitrogens with one attached hydrogen (secondary N) is 1. The van der Waals surface area contributed by atoms with Crippen molar-refractivity contribution in [2.75, 3.05) is 25.0 Å². The molecule has 0 unspecified atom stereocenters. The van der Waals surface area contributed by atoms with Gasteiger partial charge in [-0.1, -0.05) is 0 Å². The maximum atomic E-state index is 13.0. The number of nitriles is 1. The average molecular weight is 472 g/mol. The fourth-order valence-electron chi connectivity index (χ4n) is 5.65. The number of amides is 2. The van der Waals surface area contributed by atoms with Gasteiger partial charge in [0.05, 0.1) is 17.2 Å². The predicted octanol–water partition coefficient (Wildman–Crippen LogP) is 4.05. The molecule has 0 radical (unpaired) electrons. The fourth-order valence-corrected chi connectivity index (χ4v) is 5.65. The molecule has 1 N–H and O–H groups in total. The molecule has 3 aliphatic rings. The number of pyridine rings is 1. The molecule has 0 bridgehead atoms. The maximum absolute atomic E-state index is 13.0. The van der Waals surface area contributed by atoms with Gasteiger partial charge in [0.25, 0.3) is 5.91 Å². The molecular weight excluding hydrogens is 438 g/mol. The van der Waals surface area contributed by atoms with Gasteiger partial charge in [0, 0.05) is 55.7 Å². The third-order valence-corrected chi connectivity index (χ3v) is 8.12. The first-order valence-corrected chi connectivity index (χ1v) is 12.6. The molecule has 2 amide bonds. The van der Waals surface area contributed by atoms with Crippen LogP contribution in [0.4, 0.5) is 5.69 Å². The summed E-state index contributed by atoms with van der Waals surface area (Å²) in [4.78, 5) is 34.4. The summed E-state index contributed by atoms with van der Waals surface area (Å²) in [5, 5.41) is 12.6. The minimum atomic E-state index is -0.244. The van der Waals surface area contributed by atoms with E-state index in [1.807, 2.05) is 19.9 Å². The van der Waals surface area contributed by atoms with E-state index in [4.69, 9.17) is 0 Å². The molecule has 2 aliphatic carbocycles.